The maximum atomic E-state index is 12.6. The molecule has 152 valence electrons. The van der Waals surface area contributed by atoms with E-state index >= 15 is 0 Å². The highest BCUT2D eigenvalue weighted by molar-refractivity contribution is 7.12. The molecule has 3 aromatic rings. The van der Waals surface area contributed by atoms with Gasteiger partial charge in [-0.1, -0.05) is 23.4 Å². The van der Waals surface area contributed by atoms with Crippen molar-refractivity contribution in [1.82, 2.24) is 15.5 Å². The van der Waals surface area contributed by atoms with Gasteiger partial charge in [-0.05, 0) is 30.5 Å². The van der Waals surface area contributed by atoms with Gasteiger partial charge in [-0.15, -0.1) is 11.3 Å². The number of esters is 1. The van der Waals surface area contributed by atoms with E-state index in [1.54, 1.807) is 17.5 Å². The number of alkyl halides is 3. The van der Waals surface area contributed by atoms with Gasteiger partial charge in [0.05, 0.1) is 10.4 Å². The van der Waals surface area contributed by atoms with E-state index in [0.29, 0.717) is 10.4 Å². The van der Waals surface area contributed by atoms with Gasteiger partial charge in [-0.2, -0.15) is 18.2 Å². The summed E-state index contributed by atoms with van der Waals surface area (Å²) >= 11 is 1.24. The van der Waals surface area contributed by atoms with Crippen molar-refractivity contribution in [3.05, 3.63) is 58.1 Å². The summed E-state index contributed by atoms with van der Waals surface area (Å²) in [6.45, 7) is 1.13. The fourth-order valence-electron chi connectivity index (χ4n) is 2.23. The van der Waals surface area contributed by atoms with Crippen molar-refractivity contribution in [2.75, 3.05) is 0 Å². The largest absolute Gasteiger partial charge is 0.454 e. The number of halogens is 3. The molecule has 29 heavy (non-hydrogen) atoms. The van der Waals surface area contributed by atoms with Crippen LogP contribution < -0.4 is 5.32 Å². The molecule has 0 spiro atoms. The van der Waals surface area contributed by atoms with Gasteiger partial charge in [-0.25, -0.2) is 4.79 Å². The second-order valence-corrected chi connectivity index (χ2v) is 6.81. The summed E-state index contributed by atoms with van der Waals surface area (Å²) in [6, 6.07) is 6.68. The summed E-state index contributed by atoms with van der Waals surface area (Å²) in [7, 11) is 0. The van der Waals surface area contributed by atoms with E-state index in [0.717, 1.165) is 12.1 Å². The minimum Gasteiger partial charge on any atom is -0.454 e. The molecule has 0 saturated carbocycles. The molecule has 1 unspecified atom stereocenters. The Morgan fingerprint density at radius 2 is 1.97 bits per heavy atom. The third-order valence-electron chi connectivity index (χ3n) is 3.72. The normalized spacial score (nSPS) is 12.4. The molecule has 0 bridgehead atoms. The average molecular weight is 425 g/mol. The van der Waals surface area contributed by atoms with Crippen molar-refractivity contribution in [2.45, 2.75) is 25.7 Å². The predicted molar refractivity (Wildman–Crippen MR) is 95.8 cm³/mol. The van der Waals surface area contributed by atoms with Gasteiger partial charge < -0.3 is 14.6 Å². The smallest absolute Gasteiger partial charge is 0.416 e. The highest BCUT2D eigenvalue weighted by Gasteiger charge is 2.30. The van der Waals surface area contributed by atoms with Crippen LogP contribution in [-0.4, -0.2) is 28.1 Å². The maximum absolute atomic E-state index is 12.6. The second kappa shape index (κ2) is 8.43. The number of aromatic nitrogens is 2. The first-order chi connectivity index (χ1) is 13.7. The first kappa shape index (κ1) is 20.5. The van der Waals surface area contributed by atoms with E-state index in [2.05, 4.69) is 15.5 Å². The number of nitrogens with zero attached hydrogens (tertiary/aromatic N) is 2. The van der Waals surface area contributed by atoms with Crippen LogP contribution >= 0.6 is 11.3 Å². The lowest BCUT2D eigenvalue weighted by Gasteiger charge is -2.11. The Bertz CT molecular complexity index is 985. The van der Waals surface area contributed by atoms with Gasteiger partial charge in [-0.3, -0.25) is 4.79 Å². The molecular formula is C18H14F3N3O4S. The number of carbonyl (C=O) groups excluding carboxylic acids is 2. The van der Waals surface area contributed by atoms with Crippen LogP contribution in [0.3, 0.4) is 0 Å². The molecular weight excluding hydrogens is 411 g/mol. The quantitative estimate of drug-likeness (QED) is 0.606. The molecule has 3 rings (SSSR count). The zero-order valence-electron chi connectivity index (χ0n) is 14.9. The van der Waals surface area contributed by atoms with Crippen molar-refractivity contribution in [2.24, 2.45) is 0 Å². The molecule has 7 nitrogen and oxygen atoms in total. The Morgan fingerprint density at radius 3 is 2.59 bits per heavy atom. The van der Waals surface area contributed by atoms with E-state index in [1.807, 2.05) is 0 Å². The topological polar surface area (TPSA) is 94.3 Å². The molecule has 1 aromatic carbocycles. The van der Waals surface area contributed by atoms with Crippen LogP contribution in [0.1, 0.15) is 28.0 Å². The summed E-state index contributed by atoms with van der Waals surface area (Å²) in [6.07, 6.45) is -4.44. The number of hydrogen-bond donors (Lipinski definition) is 1. The molecule has 1 atom stereocenters. The van der Waals surface area contributed by atoms with Crippen LogP contribution in [0.25, 0.3) is 11.4 Å². The van der Waals surface area contributed by atoms with Crippen molar-refractivity contribution < 1.29 is 32.0 Å². The molecule has 0 saturated heterocycles. The fraction of sp³-hybridized carbons (Fsp3) is 0.222. The van der Waals surface area contributed by atoms with Gasteiger partial charge in [0.1, 0.15) is 6.04 Å². The van der Waals surface area contributed by atoms with E-state index in [4.69, 9.17) is 9.26 Å². The van der Waals surface area contributed by atoms with Crippen LogP contribution in [0.15, 0.2) is 46.3 Å². The molecule has 2 aromatic heterocycles. The Balaban J connectivity index is 1.54. The van der Waals surface area contributed by atoms with Crippen molar-refractivity contribution in [1.29, 1.82) is 0 Å². The molecule has 0 aliphatic rings. The molecule has 0 aliphatic carbocycles. The zero-order valence-corrected chi connectivity index (χ0v) is 15.7. The first-order valence-electron chi connectivity index (χ1n) is 8.25. The van der Waals surface area contributed by atoms with E-state index in [-0.39, 0.29) is 18.3 Å². The van der Waals surface area contributed by atoms with Crippen LogP contribution in [0, 0.1) is 0 Å². The van der Waals surface area contributed by atoms with Gasteiger partial charge in [0.2, 0.25) is 5.82 Å². The van der Waals surface area contributed by atoms with E-state index in [1.165, 1.54) is 30.4 Å². The lowest BCUT2D eigenvalue weighted by atomic mass is 10.1. The minimum absolute atomic E-state index is 0.0370. The number of carbonyl (C=O) groups is 2. The number of thiophene rings is 1. The number of benzene rings is 1. The van der Waals surface area contributed by atoms with Crippen LogP contribution in [0.2, 0.25) is 0 Å². The molecule has 1 N–H and O–H groups in total. The summed E-state index contributed by atoms with van der Waals surface area (Å²) < 4.78 is 47.8. The van der Waals surface area contributed by atoms with E-state index in [9.17, 15) is 22.8 Å². The Hall–Kier alpha value is -3.21. The van der Waals surface area contributed by atoms with Crippen LogP contribution in [0.4, 0.5) is 13.2 Å². The number of hydrogen-bond acceptors (Lipinski definition) is 7. The standard InChI is InChI=1S/C18H14F3N3O4S/c1-10(22-16(25)13-3-2-8-29-13)17(26)27-9-14-23-15(24-28-14)11-4-6-12(7-5-11)18(19,20)21/h2-8,10H,9H2,1H3,(H,22,25). The van der Waals surface area contributed by atoms with Gasteiger partial charge in [0.15, 0.2) is 6.61 Å². The summed E-state index contributed by atoms with van der Waals surface area (Å²) in [5.41, 5.74) is -0.478. The van der Waals surface area contributed by atoms with Crippen molar-refractivity contribution >= 4 is 23.2 Å². The third kappa shape index (κ3) is 5.19. The second-order valence-electron chi connectivity index (χ2n) is 5.87. The summed E-state index contributed by atoms with van der Waals surface area (Å²) in [4.78, 5) is 28.4. The zero-order chi connectivity index (χ0) is 21.0. The monoisotopic (exact) mass is 425 g/mol. The number of nitrogens with one attached hydrogen (secondary N) is 1. The van der Waals surface area contributed by atoms with Crippen LogP contribution in [0.5, 0.6) is 0 Å². The fourth-order valence-corrected chi connectivity index (χ4v) is 2.86. The molecule has 2 heterocycles. The van der Waals surface area contributed by atoms with Gasteiger partial charge in [0, 0.05) is 5.56 Å². The van der Waals surface area contributed by atoms with Crippen molar-refractivity contribution in [3.63, 3.8) is 0 Å². The van der Waals surface area contributed by atoms with Gasteiger partial charge in [0.25, 0.3) is 11.8 Å². The highest BCUT2D eigenvalue weighted by atomic mass is 32.1. The number of amides is 1. The molecule has 1 amide bonds. The Kier molecular flexibility index (Phi) is 5.97. The molecule has 11 heteroatoms. The maximum Gasteiger partial charge on any atom is 0.416 e. The van der Waals surface area contributed by atoms with Crippen molar-refractivity contribution in [3.8, 4) is 11.4 Å². The molecule has 0 aliphatic heterocycles. The summed E-state index contributed by atoms with van der Waals surface area (Å²) in [5.74, 6) is -1.08. The van der Waals surface area contributed by atoms with E-state index < -0.39 is 29.7 Å². The predicted octanol–water partition coefficient (Wildman–Crippen LogP) is 3.68. The third-order valence-corrected chi connectivity index (χ3v) is 4.59. The Labute approximate surface area is 166 Å². The minimum atomic E-state index is -4.44. The average Bonchev–Trinajstić information content (AvgIpc) is 3.37. The lowest BCUT2D eigenvalue weighted by molar-refractivity contribution is -0.147. The lowest BCUT2D eigenvalue weighted by Crippen LogP contribution is -2.39. The van der Waals surface area contributed by atoms with Gasteiger partial charge >= 0.3 is 12.1 Å². The first-order valence-corrected chi connectivity index (χ1v) is 9.13. The summed E-state index contributed by atoms with van der Waals surface area (Å²) in [5, 5.41) is 7.90. The number of ether oxygens (including phenoxy) is 1. The highest BCUT2D eigenvalue weighted by Crippen LogP contribution is 2.30. The Morgan fingerprint density at radius 1 is 1.24 bits per heavy atom. The molecule has 0 fully saturated rings. The number of rotatable bonds is 6. The van der Waals surface area contributed by atoms with Crippen LogP contribution in [-0.2, 0) is 22.3 Å². The SMILES string of the molecule is CC(NC(=O)c1cccs1)C(=O)OCc1nc(-c2ccc(C(F)(F)F)cc2)no1. The molecule has 0 radical (unpaired) electrons.